The van der Waals surface area contributed by atoms with Gasteiger partial charge in [0.15, 0.2) is 0 Å². The van der Waals surface area contributed by atoms with Gasteiger partial charge in [-0.25, -0.2) is 0 Å². The lowest BCUT2D eigenvalue weighted by molar-refractivity contribution is 0.570. The molecule has 26 heavy (non-hydrogen) atoms. The molecule has 0 saturated heterocycles. The summed E-state index contributed by atoms with van der Waals surface area (Å²) in [5, 5.41) is 0. The molecule has 0 heterocycles. The molecule has 0 spiro atoms. The molecule has 5 rings (SSSR count). The van der Waals surface area contributed by atoms with Gasteiger partial charge in [-0.2, -0.15) is 0 Å². The minimum atomic E-state index is 0. The Kier molecular flexibility index (Phi) is 4.03. The largest absolute Gasteiger partial charge is 0.0776 e. The van der Waals surface area contributed by atoms with E-state index in [4.69, 9.17) is 0 Å². The van der Waals surface area contributed by atoms with Crippen LogP contribution in [-0.2, 0) is 0 Å². The topological polar surface area (TPSA) is 0 Å². The minimum absolute atomic E-state index is 0. The van der Waals surface area contributed by atoms with Gasteiger partial charge in [-0.3, -0.25) is 0 Å². The molecular formula is C26H28. The van der Waals surface area contributed by atoms with Gasteiger partial charge in [0.1, 0.15) is 0 Å². The standard InChI is InChI=1S/C25H24.CH4/c1-15-5-4-6-18(13-15)19-11-12-22-23-14-16(2)7-9-20(23)21-10-8-17(3)24(19)25(21)22;/h4-10,13-14,19,22H,11-12H2,1-3H3;1H4. The summed E-state index contributed by atoms with van der Waals surface area (Å²) in [5.74, 6) is 1.14. The third kappa shape index (κ3) is 2.35. The maximum Gasteiger partial charge on any atom is 0.0105 e. The number of hydrogen-bond donors (Lipinski definition) is 0. The molecule has 0 aromatic heterocycles. The third-order valence-corrected chi connectivity index (χ3v) is 6.26. The molecule has 3 aromatic carbocycles. The average molecular weight is 341 g/mol. The summed E-state index contributed by atoms with van der Waals surface area (Å²) in [6.45, 7) is 6.72. The highest BCUT2D eigenvalue weighted by molar-refractivity contribution is 5.82. The van der Waals surface area contributed by atoms with E-state index in [0.29, 0.717) is 11.8 Å². The van der Waals surface area contributed by atoms with Gasteiger partial charge < -0.3 is 0 Å². The molecule has 0 amide bonds. The van der Waals surface area contributed by atoms with Crippen molar-refractivity contribution in [3.63, 3.8) is 0 Å². The molecule has 2 atom stereocenters. The van der Waals surface area contributed by atoms with E-state index in [2.05, 4.69) is 75.4 Å². The molecule has 0 N–H and O–H groups in total. The molecule has 0 radical (unpaired) electrons. The maximum atomic E-state index is 2.42. The lowest BCUT2D eigenvalue weighted by Crippen LogP contribution is -2.16. The van der Waals surface area contributed by atoms with Crippen LogP contribution in [0, 0.1) is 20.8 Å². The summed E-state index contributed by atoms with van der Waals surface area (Å²) in [6.07, 6.45) is 2.51. The molecular weight excluding hydrogens is 312 g/mol. The first kappa shape index (κ1) is 17.1. The van der Waals surface area contributed by atoms with Crippen molar-refractivity contribution in [2.45, 2.75) is 52.9 Å². The smallest absolute Gasteiger partial charge is 0.0105 e. The molecule has 0 aliphatic heterocycles. The molecule has 0 bridgehead atoms. The maximum absolute atomic E-state index is 2.42. The van der Waals surface area contributed by atoms with E-state index in [9.17, 15) is 0 Å². The quantitative estimate of drug-likeness (QED) is 0.436. The summed E-state index contributed by atoms with van der Waals surface area (Å²) in [4.78, 5) is 0. The zero-order valence-electron chi connectivity index (χ0n) is 15.3. The second-order valence-electron chi connectivity index (χ2n) is 7.94. The number of rotatable bonds is 1. The van der Waals surface area contributed by atoms with E-state index >= 15 is 0 Å². The van der Waals surface area contributed by atoms with Crippen LogP contribution in [0.25, 0.3) is 11.1 Å². The van der Waals surface area contributed by atoms with Crippen LogP contribution in [0.2, 0.25) is 0 Å². The van der Waals surface area contributed by atoms with Crippen LogP contribution in [0.15, 0.2) is 54.6 Å². The first-order chi connectivity index (χ1) is 12.1. The first-order valence-corrected chi connectivity index (χ1v) is 9.44. The fourth-order valence-corrected chi connectivity index (χ4v) is 5.19. The first-order valence-electron chi connectivity index (χ1n) is 9.44. The second kappa shape index (κ2) is 6.13. The predicted octanol–water partition coefficient (Wildman–Crippen LogP) is 7.29. The van der Waals surface area contributed by atoms with E-state index in [0.717, 1.165) is 0 Å². The van der Waals surface area contributed by atoms with E-state index < -0.39 is 0 Å². The fraction of sp³-hybridized carbons (Fsp3) is 0.308. The number of fused-ring (bicyclic) bond motifs is 3. The second-order valence-corrected chi connectivity index (χ2v) is 7.94. The van der Waals surface area contributed by atoms with Gasteiger partial charge in [0, 0.05) is 11.8 Å². The van der Waals surface area contributed by atoms with Crippen LogP contribution in [0.3, 0.4) is 0 Å². The molecule has 0 saturated carbocycles. The van der Waals surface area contributed by atoms with Gasteiger partial charge >= 0.3 is 0 Å². The lowest BCUT2D eigenvalue weighted by atomic mass is 9.72. The molecule has 2 unspecified atom stereocenters. The average Bonchev–Trinajstić information content (AvgIpc) is 2.92. The van der Waals surface area contributed by atoms with Crippen molar-refractivity contribution in [1.82, 2.24) is 0 Å². The van der Waals surface area contributed by atoms with E-state index in [-0.39, 0.29) is 7.43 Å². The van der Waals surface area contributed by atoms with Crippen molar-refractivity contribution in [3.8, 4) is 11.1 Å². The number of benzene rings is 3. The van der Waals surface area contributed by atoms with Crippen LogP contribution in [0.4, 0.5) is 0 Å². The van der Waals surface area contributed by atoms with Crippen LogP contribution >= 0.6 is 0 Å². The van der Waals surface area contributed by atoms with Gasteiger partial charge in [0.25, 0.3) is 0 Å². The number of aryl methyl sites for hydroxylation is 3. The van der Waals surface area contributed by atoms with E-state index in [1.807, 2.05) is 0 Å². The van der Waals surface area contributed by atoms with Crippen molar-refractivity contribution in [2.24, 2.45) is 0 Å². The third-order valence-electron chi connectivity index (χ3n) is 6.26. The molecule has 3 aromatic rings. The Labute approximate surface area is 157 Å². The van der Waals surface area contributed by atoms with Crippen molar-refractivity contribution < 1.29 is 0 Å². The highest BCUT2D eigenvalue weighted by Crippen LogP contribution is 2.55. The van der Waals surface area contributed by atoms with Crippen molar-refractivity contribution in [1.29, 1.82) is 0 Å². The number of hydrogen-bond acceptors (Lipinski definition) is 0. The van der Waals surface area contributed by atoms with Crippen LogP contribution < -0.4 is 0 Å². The summed E-state index contributed by atoms with van der Waals surface area (Å²) in [7, 11) is 0. The molecule has 0 heteroatoms. The summed E-state index contributed by atoms with van der Waals surface area (Å²) in [5.41, 5.74) is 13.4. The summed E-state index contributed by atoms with van der Waals surface area (Å²) in [6, 6.07) is 20.9. The Morgan fingerprint density at radius 2 is 1.42 bits per heavy atom. The minimum Gasteiger partial charge on any atom is -0.0776 e. The van der Waals surface area contributed by atoms with E-state index in [1.165, 1.54) is 46.2 Å². The monoisotopic (exact) mass is 340 g/mol. The van der Waals surface area contributed by atoms with Gasteiger partial charge in [0.05, 0.1) is 0 Å². The van der Waals surface area contributed by atoms with E-state index in [1.54, 1.807) is 16.7 Å². The normalized spacial score (nSPS) is 19.5. The molecule has 2 aliphatic carbocycles. The Hall–Kier alpha value is -2.34. The Morgan fingerprint density at radius 3 is 2.23 bits per heavy atom. The Morgan fingerprint density at radius 1 is 0.692 bits per heavy atom. The Bertz CT molecular complexity index is 993. The molecule has 0 fully saturated rings. The SMILES string of the molecule is C.Cc1cccc(C2CCC3c4cc(C)ccc4-c4ccc(C)c2c43)c1. The molecule has 0 nitrogen and oxygen atoms in total. The predicted molar refractivity (Wildman–Crippen MR) is 112 cm³/mol. The van der Waals surface area contributed by atoms with Gasteiger partial charge in [0.2, 0.25) is 0 Å². The van der Waals surface area contributed by atoms with Crippen LogP contribution in [-0.4, -0.2) is 0 Å². The zero-order valence-corrected chi connectivity index (χ0v) is 15.3. The molecule has 132 valence electrons. The zero-order chi connectivity index (χ0) is 17.1. The highest BCUT2D eigenvalue weighted by Gasteiger charge is 2.37. The lowest BCUT2D eigenvalue weighted by Gasteiger charge is -2.32. The fourth-order valence-electron chi connectivity index (χ4n) is 5.19. The van der Waals surface area contributed by atoms with Gasteiger partial charge in [-0.15, -0.1) is 0 Å². The van der Waals surface area contributed by atoms with Crippen molar-refractivity contribution >= 4 is 0 Å². The van der Waals surface area contributed by atoms with Crippen molar-refractivity contribution in [2.75, 3.05) is 0 Å². The summed E-state index contributed by atoms with van der Waals surface area (Å²) < 4.78 is 0. The van der Waals surface area contributed by atoms with Gasteiger partial charge in [-0.05, 0) is 72.6 Å². The van der Waals surface area contributed by atoms with Crippen LogP contribution in [0.5, 0.6) is 0 Å². The highest BCUT2D eigenvalue weighted by atomic mass is 14.4. The molecule has 2 aliphatic rings. The van der Waals surface area contributed by atoms with Gasteiger partial charge in [-0.1, -0.05) is 73.2 Å². The van der Waals surface area contributed by atoms with Crippen LogP contribution in [0.1, 0.15) is 71.0 Å². The Balaban J connectivity index is 0.00000168. The van der Waals surface area contributed by atoms with Crippen molar-refractivity contribution in [3.05, 3.63) is 93.5 Å². The summed E-state index contributed by atoms with van der Waals surface area (Å²) >= 11 is 0.